The standard InChI is InChI=1S/C17H16N2OS/c1-12-8-9-16(21-12)10-15(11-18)17(20)19-13(2)14-6-4-3-5-7-14/h3-10,13H,1-2H3,(H,19,20)/b15-10-/t13-/m0/s1. The molecule has 0 saturated carbocycles. The molecule has 106 valence electrons. The van der Waals surface area contributed by atoms with Gasteiger partial charge in [0.05, 0.1) is 6.04 Å². The number of thiophene rings is 1. The molecule has 1 heterocycles. The van der Waals surface area contributed by atoms with Crippen molar-refractivity contribution in [1.29, 1.82) is 5.26 Å². The molecule has 1 aromatic heterocycles. The van der Waals surface area contributed by atoms with Gasteiger partial charge in [-0.05, 0) is 37.6 Å². The predicted octanol–water partition coefficient (Wildman–Crippen LogP) is 3.84. The summed E-state index contributed by atoms with van der Waals surface area (Å²) in [7, 11) is 0. The molecule has 21 heavy (non-hydrogen) atoms. The van der Waals surface area contributed by atoms with Crippen LogP contribution in [0.4, 0.5) is 0 Å². The van der Waals surface area contributed by atoms with Gasteiger partial charge in [-0.25, -0.2) is 0 Å². The highest BCUT2D eigenvalue weighted by Gasteiger charge is 2.13. The van der Waals surface area contributed by atoms with Gasteiger partial charge < -0.3 is 5.32 Å². The van der Waals surface area contributed by atoms with Crippen molar-refractivity contribution < 1.29 is 4.79 Å². The van der Waals surface area contributed by atoms with E-state index in [1.807, 2.05) is 62.4 Å². The van der Waals surface area contributed by atoms with E-state index in [-0.39, 0.29) is 17.5 Å². The molecule has 0 aliphatic heterocycles. The summed E-state index contributed by atoms with van der Waals surface area (Å²) in [6.45, 7) is 3.89. The third kappa shape index (κ3) is 4.04. The van der Waals surface area contributed by atoms with Crippen molar-refractivity contribution in [2.24, 2.45) is 0 Å². The van der Waals surface area contributed by atoms with Gasteiger partial charge in [0.25, 0.3) is 5.91 Å². The molecule has 1 amide bonds. The molecule has 0 bridgehead atoms. The molecule has 0 unspecified atom stereocenters. The summed E-state index contributed by atoms with van der Waals surface area (Å²) < 4.78 is 0. The quantitative estimate of drug-likeness (QED) is 0.688. The molecule has 0 spiro atoms. The number of hydrogen-bond donors (Lipinski definition) is 1. The number of carbonyl (C=O) groups is 1. The summed E-state index contributed by atoms with van der Waals surface area (Å²) in [5.41, 5.74) is 1.13. The maximum atomic E-state index is 12.2. The van der Waals surface area contributed by atoms with Gasteiger partial charge in [-0.1, -0.05) is 30.3 Å². The van der Waals surface area contributed by atoms with Crippen LogP contribution in [0.15, 0.2) is 48.0 Å². The molecule has 2 aromatic rings. The second kappa shape index (κ2) is 6.87. The van der Waals surface area contributed by atoms with Crippen LogP contribution in [0, 0.1) is 18.3 Å². The van der Waals surface area contributed by atoms with E-state index in [4.69, 9.17) is 0 Å². The minimum absolute atomic E-state index is 0.125. The zero-order valence-electron chi connectivity index (χ0n) is 12.0. The van der Waals surface area contributed by atoms with Crippen molar-refractivity contribution in [2.45, 2.75) is 19.9 Å². The van der Waals surface area contributed by atoms with Crippen LogP contribution >= 0.6 is 11.3 Å². The Labute approximate surface area is 128 Å². The highest BCUT2D eigenvalue weighted by molar-refractivity contribution is 7.12. The van der Waals surface area contributed by atoms with Crippen LogP contribution in [0.5, 0.6) is 0 Å². The van der Waals surface area contributed by atoms with Crippen molar-refractivity contribution in [2.75, 3.05) is 0 Å². The molecule has 2 rings (SSSR count). The molecule has 1 N–H and O–H groups in total. The lowest BCUT2D eigenvalue weighted by Gasteiger charge is -2.13. The van der Waals surface area contributed by atoms with Crippen molar-refractivity contribution >= 4 is 23.3 Å². The zero-order valence-corrected chi connectivity index (χ0v) is 12.8. The first-order valence-electron chi connectivity index (χ1n) is 6.64. The van der Waals surface area contributed by atoms with Gasteiger partial charge in [-0.3, -0.25) is 4.79 Å². The smallest absolute Gasteiger partial charge is 0.262 e. The average Bonchev–Trinajstić information content (AvgIpc) is 2.90. The van der Waals surface area contributed by atoms with E-state index in [0.717, 1.165) is 15.3 Å². The molecular weight excluding hydrogens is 280 g/mol. The zero-order chi connectivity index (χ0) is 15.2. The fraction of sp³-hybridized carbons (Fsp3) is 0.176. The minimum Gasteiger partial charge on any atom is -0.345 e. The number of rotatable bonds is 4. The lowest BCUT2D eigenvalue weighted by Crippen LogP contribution is -2.27. The Morgan fingerprint density at radius 2 is 2.00 bits per heavy atom. The van der Waals surface area contributed by atoms with E-state index in [0.29, 0.717) is 0 Å². The van der Waals surface area contributed by atoms with Crippen LogP contribution < -0.4 is 5.32 Å². The van der Waals surface area contributed by atoms with Gasteiger partial charge in [-0.15, -0.1) is 11.3 Å². The second-order valence-electron chi connectivity index (χ2n) is 4.72. The van der Waals surface area contributed by atoms with E-state index >= 15 is 0 Å². The Balaban J connectivity index is 2.11. The summed E-state index contributed by atoms with van der Waals surface area (Å²) >= 11 is 1.56. The van der Waals surface area contributed by atoms with E-state index in [2.05, 4.69) is 5.32 Å². The van der Waals surface area contributed by atoms with Gasteiger partial charge in [0, 0.05) is 9.75 Å². The van der Waals surface area contributed by atoms with Crippen molar-refractivity contribution in [3.05, 3.63) is 63.4 Å². The molecule has 0 aliphatic carbocycles. The lowest BCUT2D eigenvalue weighted by atomic mass is 10.1. The van der Waals surface area contributed by atoms with Crippen LogP contribution in [-0.4, -0.2) is 5.91 Å². The Hall–Kier alpha value is -2.38. The molecule has 1 atom stereocenters. The van der Waals surface area contributed by atoms with Gasteiger partial charge in [0.1, 0.15) is 11.6 Å². The summed E-state index contributed by atoms with van der Waals surface area (Å²) in [5.74, 6) is -0.347. The van der Waals surface area contributed by atoms with E-state index in [9.17, 15) is 10.1 Å². The highest BCUT2D eigenvalue weighted by atomic mass is 32.1. The first-order valence-corrected chi connectivity index (χ1v) is 7.46. The van der Waals surface area contributed by atoms with Crippen LogP contribution in [0.3, 0.4) is 0 Å². The normalized spacial score (nSPS) is 12.5. The maximum Gasteiger partial charge on any atom is 0.262 e. The largest absolute Gasteiger partial charge is 0.345 e. The molecule has 4 heteroatoms. The fourth-order valence-electron chi connectivity index (χ4n) is 1.92. The Bertz CT molecular complexity index is 695. The Kier molecular flexibility index (Phi) is 4.91. The summed E-state index contributed by atoms with van der Waals surface area (Å²) in [6, 6.07) is 15.4. The number of nitrogens with zero attached hydrogens (tertiary/aromatic N) is 1. The van der Waals surface area contributed by atoms with Crippen LogP contribution in [-0.2, 0) is 4.79 Å². The molecule has 1 aromatic carbocycles. The van der Waals surface area contributed by atoms with Gasteiger partial charge >= 0.3 is 0 Å². The molecule has 3 nitrogen and oxygen atoms in total. The number of benzene rings is 1. The monoisotopic (exact) mass is 296 g/mol. The van der Waals surface area contributed by atoms with Crippen LogP contribution in [0.25, 0.3) is 6.08 Å². The summed E-state index contributed by atoms with van der Waals surface area (Å²) in [5, 5.41) is 12.0. The number of carbonyl (C=O) groups excluding carboxylic acids is 1. The van der Waals surface area contributed by atoms with Crippen molar-refractivity contribution in [3.63, 3.8) is 0 Å². The van der Waals surface area contributed by atoms with Crippen molar-refractivity contribution in [3.8, 4) is 6.07 Å². The van der Waals surface area contributed by atoms with Gasteiger partial charge in [-0.2, -0.15) is 5.26 Å². The fourth-order valence-corrected chi connectivity index (χ4v) is 2.74. The third-order valence-electron chi connectivity index (χ3n) is 3.06. The van der Waals surface area contributed by atoms with E-state index in [1.54, 1.807) is 17.4 Å². The number of aryl methyl sites for hydroxylation is 1. The molecule has 0 saturated heterocycles. The maximum absolute atomic E-state index is 12.2. The van der Waals surface area contributed by atoms with Gasteiger partial charge in [0.15, 0.2) is 0 Å². The Morgan fingerprint density at radius 1 is 1.29 bits per heavy atom. The second-order valence-corrected chi connectivity index (χ2v) is 6.04. The molecule has 0 fully saturated rings. The third-order valence-corrected chi connectivity index (χ3v) is 4.01. The number of nitriles is 1. The van der Waals surface area contributed by atoms with Gasteiger partial charge in [0.2, 0.25) is 0 Å². The topological polar surface area (TPSA) is 52.9 Å². The molecule has 0 radical (unpaired) electrons. The highest BCUT2D eigenvalue weighted by Crippen LogP contribution is 2.19. The molecular formula is C17H16N2OS. The first-order chi connectivity index (χ1) is 10.1. The van der Waals surface area contributed by atoms with E-state index in [1.165, 1.54) is 0 Å². The van der Waals surface area contributed by atoms with E-state index < -0.39 is 0 Å². The minimum atomic E-state index is -0.347. The first kappa shape index (κ1) is 15.0. The summed E-state index contributed by atoms with van der Waals surface area (Å²) in [6.07, 6.45) is 1.63. The number of hydrogen-bond acceptors (Lipinski definition) is 3. The predicted molar refractivity (Wildman–Crippen MR) is 85.6 cm³/mol. The molecule has 0 aliphatic rings. The average molecular weight is 296 g/mol. The number of nitrogens with one attached hydrogen (secondary N) is 1. The number of amides is 1. The van der Waals surface area contributed by atoms with Crippen LogP contribution in [0.1, 0.15) is 28.3 Å². The SMILES string of the molecule is Cc1ccc(/C=C(/C#N)C(=O)N[C@@H](C)c2ccccc2)s1. The Morgan fingerprint density at radius 3 is 2.57 bits per heavy atom. The van der Waals surface area contributed by atoms with Crippen molar-refractivity contribution in [1.82, 2.24) is 5.32 Å². The summed E-state index contributed by atoms with van der Waals surface area (Å²) in [4.78, 5) is 14.2. The van der Waals surface area contributed by atoms with Crippen LogP contribution in [0.2, 0.25) is 0 Å². The lowest BCUT2D eigenvalue weighted by molar-refractivity contribution is -0.117.